The first-order valence-corrected chi connectivity index (χ1v) is 11.4. The van der Waals surface area contributed by atoms with Gasteiger partial charge in [-0.1, -0.05) is 29.8 Å². The molecule has 2 aliphatic carbocycles. The lowest BCUT2D eigenvalue weighted by molar-refractivity contribution is -0.190. The van der Waals surface area contributed by atoms with Crippen molar-refractivity contribution in [3.8, 4) is 0 Å². The van der Waals surface area contributed by atoms with Gasteiger partial charge in [0.25, 0.3) is 0 Å². The second kappa shape index (κ2) is 8.88. The number of hydrogen-bond acceptors (Lipinski definition) is 6. The second-order valence-corrected chi connectivity index (χ2v) is 10.0. The fourth-order valence-corrected chi connectivity index (χ4v) is 5.97. The van der Waals surface area contributed by atoms with E-state index in [1.54, 1.807) is 0 Å². The molecule has 11 heteroatoms. The van der Waals surface area contributed by atoms with Crippen LogP contribution in [-0.4, -0.2) is 62.7 Å². The van der Waals surface area contributed by atoms with Crippen molar-refractivity contribution in [3.05, 3.63) is 23.3 Å². The summed E-state index contributed by atoms with van der Waals surface area (Å²) in [5, 5.41) is 9.98. The molecule has 7 nitrogen and oxygen atoms in total. The van der Waals surface area contributed by atoms with Gasteiger partial charge in [-0.15, -0.1) is 0 Å². The summed E-state index contributed by atoms with van der Waals surface area (Å²) in [5.41, 5.74) is 12.1. The van der Waals surface area contributed by atoms with Gasteiger partial charge < -0.3 is 32.2 Å². The average molecular weight is 478 g/mol. The van der Waals surface area contributed by atoms with E-state index in [0.29, 0.717) is 37.5 Å². The Kier molecular flexibility index (Phi) is 6.65. The highest BCUT2D eigenvalue weighted by Gasteiger charge is 2.67. The number of nitrogens with two attached hydrogens (primary N) is 2. The van der Waals surface area contributed by atoms with Crippen molar-refractivity contribution in [3.63, 3.8) is 0 Å². The third-order valence-electron chi connectivity index (χ3n) is 7.33. The van der Waals surface area contributed by atoms with Crippen molar-refractivity contribution in [2.24, 2.45) is 28.2 Å². The molecule has 0 bridgehead atoms. The van der Waals surface area contributed by atoms with Crippen LogP contribution in [0.15, 0.2) is 23.3 Å². The summed E-state index contributed by atoms with van der Waals surface area (Å²) < 4.78 is 43.0. The van der Waals surface area contributed by atoms with Crippen LogP contribution in [0.1, 0.15) is 25.7 Å². The zero-order valence-corrected chi connectivity index (χ0v) is 18.5. The molecular formula is C21H31ClF3N5O2. The van der Waals surface area contributed by atoms with E-state index in [0.717, 1.165) is 12.8 Å². The van der Waals surface area contributed by atoms with Crippen molar-refractivity contribution >= 4 is 17.5 Å². The molecule has 6 atom stereocenters. The number of nitrogens with one attached hydrogen (secondary N) is 3. The van der Waals surface area contributed by atoms with Crippen LogP contribution < -0.4 is 27.4 Å². The third kappa shape index (κ3) is 4.85. The highest BCUT2D eigenvalue weighted by atomic mass is 35.5. The highest BCUT2D eigenvalue weighted by molar-refractivity contribution is 6.30. The lowest BCUT2D eigenvalue weighted by Gasteiger charge is -2.37. The minimum Gasteiger partial charge on any atom is -0.367 e. The van der Waals surface area contributed by atoms with Crippen molar-refractivity contribution in [2.75, 3.05) is 26.2 Å². The zero-order valence-electron chi connectivity index (χ0n) is 17.8. The van der Waals surface area contributed by atoms with Gasteiger partial charge in [0.1, 0.15) is 6.61 Å². The molecule has 2 fully saturated rings. The first-order valence-electron chi connectivity index (χ1n) is 11.0. The SMILES string of the molecule is NC(N)C(C(=O)NC1CNCCC1OCC(F)(F)F)C1C[C@]23CC=C[C@]2(/C=C(/Cl)CN1)C3. The Morgan fingerprint density at radius 1 is 1.41 bits per heavy atom. The first kappa shape index (κ1) is 24.0. The molecule has 1 amide bonds. The molecule has 4 aliphatic rings. The normalized spacial score (nSPS) is 39.3. The van der Waals surface area contributed by atoms with Gasteiger partial charge in [0, 0.05) is 29.6 Å². The molecule has 7 N–H and O–H groups in total. The van der Waals surface area contributed by atoms with Gasteiger partial charge in [-0.2, -0.15) is 13.2 Å². The summed E-state index contributed by atoms with van der Waals surface area (Å²) in [6.45, 7) is -0.126. The maximum absolute atomic E-state index is 13.3. The van der Waals surface area contributed by atoms with Crippen LogP contribution in [-0.2, 0) is 9.53 Å². The Morgan fingerprint density at radius 2 is 2.19 bits per heavy atom. The summed E-state index contributed by atoms with van der Waals surface area (Å²) in [7, 11) is 0. The number of hydrogen-bond donors (Lipinski definition) is 5. The molecule has 0 aromatic rings. The summed E-state index contributed by atoms with van der Waals surface area (Å²) >= 11 is 6.43. The van der Waals surface area contributed by atoms with Crippen LogP contribution in [0.2, 0.25) is 0 Å². The topological polar surface area (TPSA) is 114 Å². The van der Waals surface area contributed by atoms with Gasteiger partial charge in [-0.25, -0.2) is 0 Å². The fourth-order valence-electron chi connectivity index (χ4n) is 5.70. The number of piperidine rings is 1. The predicted molar refractivity (Wildman–Crippen MR) is 114 cm³/mol. The summed E-state index contributed by atoms with van der Waals surface area (Å²) in [6.07, 6.45) is 3.29. The molecule has 180 valence electrons. The summed E-state index contributed by atoms with van der Waals surface area (Å²) in [6, 6.07) is -0.923. The molecule has 2 aliphatic heterocycles. The van der Waals surface area contributed by atoms with Crippen LogP contribution in [0.25, 0.3) is 0 Å². The first-order chi connectivity index (χ1) is 15.0. The van der Waals surface area contributed by atoms with Crippen LogP contribution in [0, 0.1) is 16.7 Å². The van der Waals surface area contributed by atoms with Crippen LogP contribution in [0.5, 0.6) is 0 Å². The van der Waals surface area contributed by atoms with E-state index in [-0.39, 0.29) is 22.8 Å². The molecule has 1 saturated carbocycles. The lowest BCUT2D eigenvalue weighted by atomic mass is 9.81. The number of alkyl halides is 3. The monoisotopic (exact) mass is 477 g/mol. The number of ether oxygens (including phenoxy) is 1. The Labute approximate surface area is 190 Å². The van der Waals surface area contributed by atoms with Crippen molar-refractivity contribution in [1.29, 1.82) is 0 Å². The van der Waals surface area contributed by atoms with E-state index in [9.17, 15) is 18.0 Å². The largest absolute Gasteiger partial charge is 0.411 e. The summed E-state index contributed by atoms with van der Waals surface area (Å²) in [5.74, 6) is -1.16. The Morgan fingerprint density at radius 3 is 2.91 bits per heavy atom. The number of halogens is 4. The van der Waals surface area contributed by atoms with Crippen LogP contribution in [0.3, 0.4) is 0 Å². The molecular weight excluding hydrogens is 447 g/mol. The zero-order chi connectivity index (χ0) is 23.1. The van der Waals surface area contributed by atoms with E-state index < -0.39 is 37.0 Å². The third-order valence-corrected chi connectivity index (χ3v) is 7.58. The van der Waals surface area contributed by atoms with Crippen LogP contribution in [0.4, 0.5) is 13.2 Å². The number of allylic oxidation sites excluding steroid dienone is 3. The Bertz CT molecular complexity index is 792. The van der Waals surface area contributed by atoms with Gasteiger partial charge in [0.15, 0.2) is 0 Å². The standard InChI is InChI=1S/C21H31ClF3N5O2/c22-12-6-19-3-1-4-20(19,10-19)7-13(29-8-12)16(17(26)27)18(31)30-14-9-28-5-2-15(14)32-11-21(23,24)25/h1,3,6,13-17,28-29H,2,4-5,7-11,26-27H2,(H,30,31)/b12-6+/t13?,14?,15?,16?,19-,20-/m0/s1. The minimum atomic E-state index is -4.43. The Balaban J connectivity index is 1.46. The number of carbonyl (C=O) groups excluding carboxylic acids is 1. The Hall–Kier alpha value is -1.17. The lowest BCUT2D eigenvalue weighted by Crippen LogP contribution is -2.62. The smallest absolute Gasteiger partial charge is 0.367 e. The molecule has 1 saturated heterocycles. The van der Waals surface area contributed by atoms with E-state index in [4.69, 9.17) is 27.8 Å². The van der Waals surface area contributed by atoms with Crippen molar-refractivity contribution in [2.45, 2.75) is 56.2 Å². The maximum Gasteiger partial charge on any atom is 0.411 e. The maximum atomic E-state index is 13.3. The fraction of sp³-hybridized carbons (Fsp3) is 0.762. The van der Waals surface area contributed by atoms with Crippen LogP contribution >= 0.6 is 11.6 Å². The average Bonchev–Trinajstić information content (AvgIpc) is 3.14. The quantitative estimate of drug-likeness (QED) is 0.289. The van der Waals surface area contributed by atoms with E-state index >= 15 is 0 Å². The summed E-state index contributed by atoms with van der Waals surface area (Å²) in [4.78, 5) is 13.3. The molecule has 0 radical (unpaired) electrons. The number of amides is 1. The van der Waals surface area contributed by atoms with E-state index in [2.05, 4.69) is 34.2 Å². The number of rotatable bonds is 6. The molecule has 0 aromatic heterocycles. The predicted octanol–water partition coefficient (Wildman–Crippen LogP) is 1.09. The highest BCUT2D eigenvalue weighted by Crippen LogP contribution is 2.74. The second-order valence-electron chi connectivity index (χ2n) is 9.56. The van der Waals surface area contributed by atoms with Gasteiger partial charge in [0.05, 0.1) is 24.2 Å². The van der Waals surface area contributed by atoms with Gasteiger partial charge in [-0.05, 0) is 37.6 Å². The minimum absolute atomic E-state index is 0.00337. The number of carbonyl (C=O) groups is 1. The molecule has 4 unspecified atom stereocenters. The van der Waals surface area contributed by atoms with Gasteiger partial charge >= 0.3 is 6.18 Å². The molecule has 2 heterocycles. The van der Waals surface area contributed by atoms with Gasteiger partial charge in [-0.3, -0.25) is 4.79 Å². The molecule has 4 rings (SSSR count). The van der Waals surface area contributed by atoms with Gasteiger partial charge in [0.2, 0.25) is 5.91 Å². The van der Waals surface area contributed by atoms with Crippen molar-refractivity contribution < 1.29 is 22.7 Å². The molecule has 32 heavy (non-hydrogen) atoms. The molecule has 0 spiro atoms. The molecule has 0 aromatic carbocycles. The van der Waals surface area contributed by atoms with E-state index in [1.165, 1.54) is 0 Å². The van der Waals surface area contributed by atoms with Crippen molar-refractivity contribution in [1.82, 2.24) is 16.0 Å². The van der Waals surface area contributed by atoms with E-state index in [1.807, 2.05) is 0 Å².